The zero-order valence-electron chi connectivity index (χ0n) is 15.1. The number of amides is 4. The highest BCUT2D eigenvalue weighted by Gasteiger charge is 2.49. The molecule has 1 unspecified atom stereocenters. The second-order valence-electron chi connectivity index (χ2n) is 6.84. The number of imide groups is 1. The highest BCUT2D eigenvalue weighted by Crippen LogP contribution is 2.28. The van der Waals surface area contributed by atoms with Gasteiger partial charge in [-0.25, -0.2) is 9.18 Å². The van der Waals surface area contributed by atoms with Crippen LogP contribution in [0.4, 0.5) is 14.9 Å². The van der Waals surface area contributed by atoms with Crippen molar-refractivity contribution >= 4 is 41.0 Å². The molecule has 4 amide bonds. The van der Waals surface area contributed by atoms with Gasteiger partial charge in [0.15, 0.2) is 11.8 Å². The molecule has 1 atom stereocenters. The minimum absolute atomic E-state index is 0.210. The van der Waals surface area contributed by atoms with Crippen molar-refractivity contribution in [2.24, 2.45) is 5.92 Å². The third-order valence-corrected chi connectivity index (χ3v) is 5.35. The first kappa shape index (κ1) is 19.3. The van der Waals surface area contributed by atoms with Crippen molar-refractivity contribution in [2.45, 2.75) is 25.5 Å². The Morgan fingerprint density at radius 1 is 1.30 bits per heavy atom. The van der Waals surface area contributed by atoms with Crippen molar-refractivity contribution < 1.29 is 23.3 Å². The summed E-state index contributed by atoms with van der Waals surface area (Å²) >= 11 is 1.33. The number of hydrogen-bond donors (Lipinski definition) is 1. The van der Waals surface area contributed by atoms with Crippen molar-refractivity contribution in [1.82, 2.24) is 4.90 Å². The van der Waals surface area contributed by atoms with Gasteiger partial charge in [-0.2, -0.15) is 14.3 Å². The number of benzene rings is 1. The van der Waals surface area contributed by atoms with Crippen molar-refractivity contribution in [2.75, 3.05) is 18.4 Å². The van der Waals surface area contributed by atoms with E-state index in [0.29, 0.717) is 30.3 Å². The van der Waals surface area contributed by atoms with Crippen molar-refractivity contribution in [1.29, 1.82) is 0 Å². The van der Waals surface area contributed by atoms with Crippen molar-refractivity contribution in [3.8, 4) is 0 Å². The van der Waals surface area contributed by atoms with Crippen LogP contribution in [-0.2, 0) is 9.59 Å². The summed E-state index contributed by atoms with van der Waals surface area (Å²) in [6.45, 7) is 4.17. The minimum Gasteiger partial charge on any atom is -0.323 e. The largest absolute Gasteiger partial charge is 0.501 e. The molecule has 2 aliphatic rings. The topological polar surface area (TPSA) is 69.5 Å². The van der Waals surface area contributed by atoms with Gasteiger partial charge < -0.3 is 5.32 Å². The van der Waals surface area contributed by atoms with E-state index in [1.54, 1.807) is 11.5 Å². The SMILES string of the molecule is CC(C)CCN1C(=O)C2SC=CC2=[N+](CC(=O)Nc2ccc(F)cc2)C1=O. The highest BCUT2D eigenvalue weighted by molar-refractivity contribution is 8.04. The molecule has 1 aromatic carbocycles. The number of carbonyl (C=O) groups is 3. The smallest absolute Gasteiger partial charge is 0.323 e. The van der Waals surface area contributed by atoms with Crippen LogP contribution >= 0.6 is 11.8 Å². The van der Waals surface area contributed by atoms with Gasteiger partial charge >= 0.3 is 11.9 Å². The van der Waals surface area contributed by atoms with Crippen molar-refractivity contribution in [3.63, 3.8) is 0 Å². The Hall–Kier alpha value is -2.48. The molecule has 27 heavy (non-hydrogen) atoms. The van der Waals surface area contributed by atoms with Crippen LogP contribution in [-0.4, -0.2) is 51.4 Å². The number of fused-ring (bicyclic) bond motifs is 1. The first-order chi connectivity index (χ1) is 12.9. The molecule has 2 heterocycles. The maximum absolute atomic E-state index is 13.0. The van der Waals surface area contributed by atoms with Crippen LogP contribution < -0.4 is 5.32 Å². The van der Waals surface area contributed by atoms with E-state index in [4.69, 9.17) is 0 Å². The van der Waals surface area contributed by atoms with E-state index in [1.807, 2.05) is 13.8 Å². The first-order valence-corrected chi connectivity index (χ1v) is 9.68. The molecule has 0 spiro atoms. The third kappa shape index (κ3) is 4.27. The van der Waals surface area contributed by atoms with Crippen LogP contribution in [0.2, 0.25) is 0 Å². The normalized spacial score (nSPS) is 19.1. The van der Waals surface area contributed by atoms with E-state index >= 15 is 0 Å². The molecule has 6 nitrogen and oxygen atoms in total. The number of carbonyl (C=O) groups excluding carboxylic acids is 3. The summed E-state index contributed by atoms with van der Waals surface area (Å²) < 4.78 is 14.3. The Morgan fingerprint density at radius 2 is 2.00 bits per heavy atom. The molecule has 0 saturated heterocycles. The summed E-state index contributed by atoms with van der Waals surface area (Å²) in [5.41, 5.74) is 0.974. The summed E-state index contributed by atoms with van der Waals surface area (Å²) in [6, 6.07) is 4.91. The Labute approximate surface area is 161 Å². The number of nitrogens with zero attached hydrogens (tertiary/aromatic N) is 2. The van der Waals surface area contributed by atoms with Gasteiger partial charge in [0.25, 0.3) is 5.91 Å². The number of nitrogens with one attached hydrogen (secondary N) is 1. The van der Waals surface area contributed by atoms with Gasteiger partial charge in [-0.05, 0) is 48.1 Å². The minimum atomic E-state index is -0.492. The summed E-state index contributed by atoms with van der Waals surface area (Å²) in [4.78, 5) is 39.1. The Balaban J connectivity index is 1.78. The van der Waals surface area contributed by atoms with Gasteiger partial charge in [0.05, 0.1) is 6.54 Å². The van der Waals surface area contributed by atoms with Gasteiger partial charge in [0, 0.05) is 5.69 Å². The fraction of sp³-hybridized carbons (Fsp3) is 0.368. The van der Waals surface area contributed by atoms with Gasteiger partial charge in [0.2, 0.25) is 0 Å². The van der Waals surface area contributed by atoms with Crippen LogP contribution in [0.3, 0.4) is 0 Å². The second kappa shape index (κ2) is 8.04. The predicted molar refractivity (Wildman–Crippen MR) is 102 cm³/mol. The zero-order chi connectivity index (χ0) is 19.6. The van der Waals surface area contributed by atoms with E-state index in [0.717, 1.165) is 0 Å². The molecule has 0 radical (unpaired) electrons. The fourth-order valence-electron chi connectivity index (χ4n) is 2.88. The number of halogens is 1. The second-order valence-corrected chi connectivity index (χ2v) is 7.86. The molecule has 0 bridgehead atoms. The van der Waals surface area contributed by atoms with E-state index in [9.17, 15) is 18.8 Å². The molecule has 1 N–H and O–H groups in total. The van der Waals surface area contributed by atoms with Crippen LogP contribution in [0.25, 0.3) is 0 Å². The molecular formula is C19H21FN3O3S+. The predicted octanol–water partition coefficient (Wildman–Crippen LogP) is 2.86. The molecule has 0 aromatic heterocycles. The molecule has 8 heteroatoms. The highest BCUT2D eigenvalue weighted by atomic mass is 32.2. The molecule has 2 aliphatic heterocycles. The van der Waals surface area contributed by atoms with Gasteiger partial charge in [0.1, 0.15) is 11.5 Å². The van der Waals surface area contributed by atoms with E-state index in [2.05, 4.69) is 5.32 Å². The molecule has 1 aromatic rings. The number of urea groups is 1. The molecule has 0 fully saturated rings. The molecule has 0 saturated carbocycles. The zero-order valence-corrected chi connectivity index (χ0v) is 16.0. The maximum atomic E-state index is 13.0. The molecule has 3 rings (SSSR count). The number of anilines is 1. The Bertz CT molecular complexity index is 833. The number of hydrogen-bond acceptors (Lipinski definition) is 4. The Kier molecular flexibility index (Phi) is 5.74. The maximum Gasteiger partial charge on any atom is 0.501 e. The monoisotopic (exact) mass is 390 g/mol. The quantitative estimate of drug-likeness (QED) is 0.759. The van der Waals surface area contributed by atoms with E-state index in [1.165, 1.54) is 45.5 Å². The van der Waals surface area contributed by atoms with Crippen LogP contribution in [0.5, 0.6) is 0 Å². The summed E-state index contributed by atoms with van der Waals surface area (Å²) in [5, 5.41) is 3.92. The standard InChI is InChI=1S/C19H20FN3O3S/c1-12(2)7-9-22-18(25)17-15(8-10-27-17)23(19(22)26)11-16(24)21-14-5-3-13(20)4-6-14/h3-6,8,10,12,17H,7,9,11H2,1-2H3/p+1. The average molecular weight is 390 g/mol. The lowest BCUT2D eigenvalue weighted by molar-refractivity contribution is -0.425. The molecule has 142 valence electrons. The summed E-state index contributed by atoms with van der Waals surface area (Å²) in [5.74, 6) is -0.698. The van der Waals surface area contributed by atoms with E-state index < -0.39 is 23.0 Å². The van der Waals surface area contributed by atoms with Gasteiger partial charge in [-0.1, -0.05) is 13.8 Å². The lowest BCUT2D eigenvalue weighted by atomic mass is 10.1. The number of rotatable bonds is 6. The average Bonchev–Trinajstić information content (AvgIpc) is 3.10. The number of allylic oxidation sites excluding steroid dienone is 1. The van der Waals surface area contributed by atoms with Crippen LogP contribution in [0.15, 0.2) is 35.7 Å². The Morgan fingerprint density at radius 3 is 2.67 bits per heavy atom. The van der Waals surface area contributed by atoms with Crippen LogP contribution in [0, 0.1) is 11.7 Å². The van der Waals surface area contributed by atoms with Crippen LogP contribution in [0.1, 0.15) is 20.3 Å². The van der Waals surface area contributed by atoms with Gasteiger partial charge in [-0.3, -0.25) is 4.79 Å². The first-order valence-electron chi connectivity index (χ1n) is 8.74. The fourth-order valence-corrected chi connectivity index (χ4v) is 3.85. The summed E-state index contributed by atoms with van der Waals surface area (Å²) in [6.07, 6.45) is 2.41. The lowest BCUT2D eigenvalue weighted by Crippen LogP contribution is -2.56. The van der Waals surface area contributed by atoms with Crippen molar-refractivity contribution in [3.05, 3.63) is 41.6 Å². The molecule has 0 aliphatic carbocycles. The van der Waals surface area contributed by atoms with Gasteiger partial charge in [-0.15, -0.1) is 11.8 Å². The molecular weight excluding hydrogens is 369 g/mol. The third-order valence-electron chi connectivity index (χ3n) is 4.35. The lowest BCUT2D eigenvalue weighted by Gasteiger charge is -2.24. The summed E-state index contributed by atoms with van der Waals surface area (Å²) in [7, 11) is 0. The number of thioether (sulfide) groups is 1. The van der Waals surface area contributed by atoms with E-state index in [-0.39, 0.29) is 12.5 Å².